The van der Waals surface area contributed by atoms with Gasteiger partial charge in [-0.15, -0.1) is 0 Å². The largest absolute Gasteiger partial charge is 0.303 e. The highest BCUT2D eigenvalue weighted by molar-refractivity contribution is 7.85. The van der Waals surface area contributed by atoms with Gasteiger partial charge >= 0.3 is 0 Å². The average Bonchev–Trinajstić information content (AvgIpc) is 2.81. The van der Waals surface area contributed by atoms with Gasteiger partial charge in [0.2, 0.25) is 0 Å². The van der Waals surface area contributed by atoms with E-state index < -0.39 is 27.2 Å². The second kappa shape index (κ2) is 6.77. The Balaban J connectivity index is 1.94. The lowest BCUT2D eigenvalue weighted by Gasteiger charge is -2.29. The Morgan fingerprint density at radius 3 is 2.68 bits per heavy atom. The van der Waals surface area contributed by atoms with E-state index in [1.807, 2.05) is 0 Å². The minimum atomic E-state index is -4.23. The van der Waals surface area contributed by atoms with Gasteiger partial charge < -0.3 is 5.32 Å². The fourth-order valence-corrected chi connectivity index (χ4v) is 5.20. The summed E-state index contributed by atoms with van der Waals surface area (Å²) in [6.07, 6.45) is 0. The zero-order valence-electron chi connectivity index (χ0n) is 15.0. The van der Waals surface area contributed by atoms with Crippen LogP contribution in [0.15, 0.2) is 53.0 Å². The summed E-state index contributed by atoms with van der Waals surface area (Å²) >= 11 is 6.23. The molecule has 0 saturated carbocycles. The minimum Gasteiger partial charge on any atom is -0.303 e. The molecule has 2 heterocycles. The molecule has 28 heavy (non-hydrogen) atoms. The monoisotopic (exact) mass is 420 g/mol. The standard InChI is InChI=1S/C20H18ClFN2O3S/c1-20(11-28(25,26)27)18-12(10-24-20)9-23-19(15-4-2-3-5-17(15)22)16-8-13(21)6-7-14(16)18/h2-8,24H,9-11H2,1H3,(H,25,26,27). The molecule has 8 heteroatoms. The van der Waals surface area contributed by atoms with Crippen LogP contribution in [-0.2, 0) is 10.1 Å². The molecule has 0 fully saturated rings. The summed E-state index contributed by atoms with van der Waals surface area (Å²) in [7, 11) is -4.23. The van der Waals surface area contributed by atoms with Crippen LogP contribution in [0.3, 0.4) is 0 Å². The highest BCUT2D eigenvalue weighted by atomic mass is 35.5. The first-order valence-corrected chi connectivity index (χ1v) is 10.7. The molecule has 0 aliphatic carbocycles. The Morgan fingerprint density at radius 2 is 1.96 bits per heavy atom. The highest BCUT2D eigenvalue weighted by Gasteiger charge is 2.42. The maximum atomic E-state index is 14.5. The molecular weight excluding hydrogens is 403 g/mol. The number of fused-ring (bicyclic) bond motifs is 2. The van der Waals surface area contributed by atoms with E-state index in [2.05, 4.69) is 10.3 Å². The lowest BCUT2D eigenvalue weighted by atomic mass is 9.84. The second-order valence-electron chi connectivity index (χ2n) is 7.23. The van der Waals surface area contributed by atoms with Crippen molar-refractivity contribution in [3.05, 3.63) is 75.6 Å². The molecule has 0 aromatic heterocycles. The van der Waals surface area contributed by atoms with Crippen LogP contribution in [-0.4, -0.2) is 43.1 Å². The van der Waals surface area contributed by atoms with Gasteiger partial charge in [-0.3, -0.25) is 9.55 Å². The summed E-state index contributed by atoms with van der Waals surface area (Å²) in [4.78, 5) is 4.65. The van der Waals surface area contributed by atoms with Crippen LogP contribution < -0.4 is 5.32 Å². The van der Waals surface area contributed by atoms with Crippen LogP contribution in [0.4, 0.5) is 4.39 Å². The van der Waals surface area contributed by atoms with Gasteiger partial charge in [-0.25, -0.2) is 4.39 Å². The predicted octanol–water partition coefficient (Wildman–Crippen LogP) is 3.33. The van der Waals surface area contributed by atoms with Gasteiger partial charge in [-0.1, -0.05) is 29.8 Å². The van der Waals surface area contributed by atoms with Gasteiger partial charge in [0.05, 0.1) is 23.5 Å². The molecule has 2 aliphatic rings. The summed E-state index contributed by atoms with van der Waals surface area (Å²) in [6, 6.07) is 11.6. The van der Waals surface area contributed by atoms with E-state index in [1.165, 1.54) is 6.07 Å². The minimum absolute atomic E-state index is 0.291. The average molecular weight is 421 g/mol. The fraction of sp³-hybridized carbons (Fsp3) is 0.250. The summed E-state index contributed by atoms with van der Waals surface area (Å²) < 4.78 is 47.3. The smallest absolute Gasteiger partial charge is 0.267 e. The molecule has 0 bridgehead atoms. The van der Waals surface area contributed by atoms with Crippen molar-refractivity contribution in [2.75, 3.05) is 18.8 Å². The van der Waals surface area contributed by atoms with E-state index in [9.17, 15) is 17.4 Å². The van der Waals surface area contributed by atoms with E-state index >= 15 is 0 Å². The van der Waals surface area contributed by atoms with Crippen LogP contribution in [0.25, 0.3) is 5.57 Å². The number of nitrogens with one attached hydrogen (secondary N) is 1. The quantitative estimate of drug-likeness (QED) is 0.746. The molecule has 2 N–H and O–H groups in total. The number of hydrogen-bond donors (Lipinski definition) is 2. The molecule has 0 amide bonds. The molecule has 1 atom stereocenters. The first-order chi connectivity index (χ1) is 13.2. The first-order valence-electron chi connectivity index (χ1n) is 8.70. The topological polar surface area (TPSA) is 78.8 Å². The zero-order chi connectivity index (χ0) is 20.1. The maximum absolute atomic E-state index is 14.5. The van der Waals surface area contributed by atoms with Gasteiger partial charge in [0.1, 0.15) is 5.82 Å². The summed E-state index contributed by atoms with van der Waals surface area (Å²) in [5, 5.41) is 3.66. The summed E-state index contributed by atoms with van der Waals surface area (Å²) in [5.74, 6) is -0.872. The molecule has 1 unspecified atom stereocenters. The molecule has 2 aromatic carbocycles. The molecular formula is C20H18ClFN2O3S. The van der Waals surface area contributed by atoms with Crippen molar-refractivity contribution >= 4 is 33.0 Å². The normalized spacial score (nSPS) is 21.8. The third kappa shape index (κ3) is 3.39. The number of aliphatic imine (C=N–C) groups is 1. The third-order valence-corrected chi connectivity index (χ3v) is 6.31. The van der Waals surface area contributed by atoms with E-state index in [0.29, 0.717) is 35.0 Å². The molecule has 5 nitrogen and oxygen atoms in total. The number of nitrogens with zero attached hydrogens (tertiary/aromatic N) is 1. The Kier molecular flexibility index (Phi) is 4.66. The second-order valence-corrected chi connectivity index (χ2v) is 9.11. The number of benzene rings is 2. The van der Waals surface area contributed by atoms with E-state index in [1.54, 1.807) is 43.3 Å². The number of hydrogen-bond acceptors (Lipinski definition) is 4. The van der Waals surface area contributed by atoms with Crippen molar-refractivity contribution < 1.29 is 17.4 Å². The molecule has 2 aromatic rings. The summed E-state index contributed by atoms with van der Waals surface area (Å²) in [6.45, 7) is 2.45. The van der Waals surface area contributed by atoms with Crippen molar-refractivity contribution in [3.8, 4) is 0 Å². The lowest BCUT2D eigenvalue weighted by molar-refractivity contribution is 0.456. The van der Waals surface area contributed by atoms with Gasteiger partial charge in [0.15, 0.2) is 0 Å². The number of halogens is 2. The van der Waals surface area contributed by atoms with Crippen LogP contribution in [0.2, 0.25) is 5.02 Å². The van der Waals surface area contributed by atoms with Gasteiger partial charge in [-0.2, -0.15) is 8.42 Å². The van der Waals surface area contributed by atoms with Crippen molar-refractivity contribution in [2.24, 2.45) is 4.99 Å². The van der Waals surface area contributed by atoms with E-state index in [4.69, 9.17) is 11.6 Å². The van der Waals surface area contributed by atoms with Crippen molar-refractivity contribution in [1.82, 2.24) is 5.32 Å². The molecule has 0 radical (unpaired) electrons. The Labute approximate surface area is 167 Å². The molecule has 146 valence electrons. The molecule has 4 rings (SSSR count). The van der Waals surface area contributed by atoms with Gasteiger partial charge in [-0.05, 0) is 47.9 Å². The van der Waals surface area contributed by atoms with Crippen LogP contribution in [0, 0.1) is 5.82 Å². The van der Waals surface area contributed by atoms with Crippen LogP contribution in [0.1, 0.15) is 23.6 Å². The fourth-order valence-electron chi connectivity index (χ4n) is 4.05. The Hall–Kier alpha value is -2.06. The predicted molar refractivity (Wildman–Crippen MR) is 108 cm³/mol. The summed E-state index contributed by atoms with van der Waals surface area (Å²) in [5.41, 5.74) is 2.86. The SMILES string of the molecule is CC1(CS(=O)(=O)O)NCC2=C1c1ccc(Cl)cc1C(c1ccccc1F)=NC2. The lowest BCUT2D eigenvalue weighted by Crippen LogP contribution is -2.45. The van der Waals surface area contributed by atoms with Gasteiger partial charge in [0, 0.05) is 22.7 Å². The number of rotatable bonds is 3. The maximum Gasteiger partial charge on any atom is 0.267 e. The third-order valence-electron chi connectivity index (χ3n) is 5.13. The van der Waals surface area contributed by atoms with Gasteiger partial charge in [0.25, 0.3) is 10.1 Å². The highest BCUT2D eigenvalue weighted by Crippen LogP contribution is 2.40. The Morgan fingerprint density at radius 1 is 1.21 bits per heavy atom. The Bertz CT molecular complexity index is 1140. The van der Waals surface area contributed by atoms with Crippen LogP contribution in [0.5, 0.6) is 0 Å². The van der Waals surface area contributed by atoms with Crippen molar-refractivity contribution in [2.45, 2.75) is 12.5 Å². The first kappa shape index (κ1) is 19.3. The van der Waals surface area contributed by atoms with Crippen LogP contribution >= 0.6 is 11.6 Å². The van der Waals surface area contributed by atoms with Crippen molar-refractivity contribution in [3.63, 3.8) is 0 Å². The van der Waals surface area contributed by atoms with E-state index in [0.717, 1.165) is 16.7 Å². The molecule has 0 spiro atoms. The van der Waals surface area contributed by atoms with Crippen molar-refractivity contribution in [1.29, 1.82) is 0 Å². The molecule has 2 aliphatic heterocycles. The zero-order valence-corrected chi connectivity index (χ0v) is 16.6. The van der Waals surface area contributed by atoms with E-state index in [-0.39, 0.29) is 0 Å². The molecule has 0 saturated heterocycles.